The van der Waals surface area contributed by atoms with Crippen LogP contribution < -0.4 is 4.31 Å². The zero-order valence-corrected chi connectivity index (χ0v) is 18.8. The third-order valence-electron chi connectivity index (χ3n) is 5.34. The van der Waals surface area contributed by atoms with Crippen LogP contribution in [0, 0.1) is 19.8 Å². The fourth-order valence-electron chi connectivity index (χ4n) is 3.78. The summed E-state index contributed by atoms with van der Waals surface area (Å²) in [6.45, 7) is 8.51. The van der Waals surface area contributed by atoms with Gasteiger partial charge < -0.3 is 9.64 Å². The van der Waals surface area contributed by atoms with Crippen LogP contribution in [0.1, 0.15) is 44.2 Å². The Hall–Kier alpha value is -2.09. The number of anilines is 1. The number of sulfonamides is 1. The van der Waals surface area contributed by atoms with Gasteiger partial charge in [-0.3, -0.25) is 13.9 Å². The molecule has 0 unspecified atom stereocenters. The normalized spacial score (nSPS) is 16.4. The molecule has 1 heterocycles. The molecule has 1 atom stereocenters. The summed E-state index contributed by atoms with van der Waals surface area (Å²) in [5, 5.41) is 0. The van der Waals surface area contributed by atoms with Crippen LogP contribution in [0.5, 0.6) is 0 Å². The van der Waals surface area contributed by atoms with Crippen LogP contribution in [0.15, 0.2) is 18.2 Å². The smallest absolute Gasteiger partial charge is 0.309 e. The maximum absolute atomic E-state index is 13.3. The molecule has 0 aliphatic carbocycles. The van der Waals surface area contributed by atoms with Gasteiger partial charge in [0, 0.05) is 13.1 Å². The van der Waals surface area contributed by atoms with Crippen LogP contribution >= 0.6 is 0 Å². The minimum Gasteiger partial charge on any atom is -0.466 e. The highest BCUT2D eigenvalue weighted by Gasteiger charge is 2.37. The van der Waals surface area contributed by atoms with Crippen LogP contribution in [0.25, 0.3) is 0 Å². The number of hydrogen-bond donors (Lipinski definition) is 0. The lowest BCUT2D eigenvalue weighted by atomic mass is 9.96. The topological polar surface area (TPSA) is 84.0 Å². The number of hydrogen-bond acceptors (Lipinski definition) is 5. The molecule has 0 radical (unpaired) electrons. The Balaban J connectivity index is 2.26. The summed E-state index contributed by atoms with van der Waals surface area (Å²) in [5.41, 5.74) is 2.26. The molecule has 1 fully saturated rings. The highest BCUT2D eigenvalue weighted by molar-refractivity contribution is 7.92. The van der Waals surface area contributed by atoms with Gasteiger partial charge in [-0.1, -0.05) is 19.1 Å². The second-order valence-corrected chi connectivity index (χ2v) is 9.48. The van der Waals surface area contributed by atoms with E-state index in [1.54, 1.807) is 17.9 Å². The monoisotopic (exact) mass is 424 g/mol. The van der Waals surface area contributed by atoms with Gasteiger partial charge in [0.25, 0.3) is 0 Å². The van der Waals surface area contributed by atoms with Crippen molar-refractivity contribution < 1.29 is 22.7 Å². The van der Waals surface area contributed by atoms with Crippen molar-refractivity contribution in [2.75, 3.05) is 30.3 Å². The molecule has 0 spiro atoms. The van der Waals surface area contributed by atoms with Gasteiger partial charge in [-0.25, -0.2) is 8.42 Å². The number of likely N-dealkylation sites (tertiary alicyclic amines) is 1. The van der Waals surface area contributed by atoms with Gasteiger partial charge >= 0.3 is 5.97 Å². The summed E-state index contributed by atoms with van der Waals surface area (Å²) < 4.78 is 31.7. The summed E-state index contributed by atoms with van der Waals surface area (Å²) in [6.07, 6.45) is 2.56. The van der Waals surface area contributed by atoms with E-state index in [2.05, 4.69) is 0 Å². The Kier molecular flexibility index (Phi) is 7.68. The zero-order chi connectivity index (χ0) is 21.8. The van der Waals surface area contributed by atoms with Crippen LogP contribution in [-0.4, -0.2) is 57.2 Å². The molecule has 0 bridgehead atoms. The first kappa shape index (κ1) is 23.2. The molecule has 162 valence electrons. The SMILES string of the molecule is CCOC(=O)C1CCN(C(=O)[C@H](CC)N(c2cc(C)ccc2C)S(C)(=O)=O)CC1. The van der Waals surface area contributed by atoms with Gasteiger partial charge in [-0.2, -0.15) is 0 Å². The Labute approximate surface area is 174 Å². The summed E-state index contributed by atoms with van der Waals surface area (Å²) in [4.78, 5) is 26.9. The Morgan fingerprint density at radius 3 is 2.34 bits per heavy atom. The molecule has 2 rings (SSSR count). The van der Waals surface area contributed by atoms with Crippen LogP contribution in [0.3, 0.4) is 0 Å². The van der Waals surface area contributed by atoms with E-state index in [0.717, 1.165) is 17.4 Å². The fourth-order valence-corrected chi connectivity index (χ4v) is 5.04. The lowest BCUT2D eigenvalue weighted by molar-refractivity contribution is -0.151. The van der Waals surface area contributed by atoms with Crippen LogP contribution in [-0.2, 0) is 24.3 Å². The van der Waals surface area contributed by atoms with Crippen molar-refractivity contribution in [1.82, 2.24) is 4.90 Å². The number of benzene rings is 1. The molecule has 1 aromatic carbocycles. The van der Waals surface area contributed by atoms with E-state index in [0.29, 0.717) is 44.6 Å². The standard InChI is InChI=1S/C21H32N2O5S/c1-6-18(20(24)22-12-10-17(11-13-22)21(25)28-7-2)23(29(5,26)27)19-14-15(3)8-9-16(19)4/h8-9,14,17-18H,6-7,10-13H2,1-5H3/t18-/m0/s1. The highest BCUT2D eigenvalue weighted by Crippen LogP contribution is 2.29. The van der Waals surface area contributed by atoms with E-state index in [-0.39, 0.29) is 17.8 Å². The van der Waals surface area contributed by atoms with Crippen molar-refractivity contribution in [3.8, 4) is 0 Å². The van der Waals surface area contributed by atoms with Crippen molar-refractivity contribution in [2.24, 2.45) is 5.92 Å². The summed E-state index contributed by atoms with van der Waals surface area (Å²) in [5.74, 6) is -0.648. The number of esters is 1. The summed E-state index contributed by atoms with van der Waals surface area (Å²) in [7, 11) is -3.67. The largest absolute Gasteiger partial charge is 0.466 e. The van der Waals surface area contributed by atoms with Crippen molar-refractivity contribution in [2.45, 2.75) is 53.0 Å². The molecular formula is C21H32N2O5S. The second kappa shape index (κ2) is 9.61. The molecule has 1 amide bonds. The van der Waals surface area contributed by atoms with E-state index in [4.69, 9.17) is 4.74 Å². The van der Waals surface area contributed by atoms with Crippen molar-refractivity contribution in [3.63, 3.8) is 0 Å². The lowest BCUT2D eigenvalue weighted by Crippen LogP contribution is -2.53. The molecule has 1 aliphatic heterocycles. The number of amides is 1. The number of carbonyl (C=O) groups excluding carboxylic acids is 2. The minimum atomic E-state index is -3.67. The first-order valence-electron chi connectivity index (χ1n) is 10.1. The van der Waals surface area contributed by atoms with Crippen molar-refractivity contribution >= 4 is 27.6 Å². The third-order valence-corrected chi connectivity index (χ3v) is 6.51. The van der Waals surface area contributed by atoms with Gasteiger partial charge in [-0.05, 0) is 57.2 Å². The number of aryl methyl sites for hydroxylation is 2. The predicted molar refractivity (Wildman–Crippen MR) is 113 cm³/mol. The average molecular weight is 425 g/mol. The number of carbonyl (C=O) groups is 2. The molecule has 7 nitrogen and oxygen atoms in total. The van der Waals surface area contributed by atoms with E-state index in [9.17, 15) is 18.0 Å². The van der Waals surface area contributed by atoms with Gasteiger partial charge in [0.1, 0.15) is 6.04 Å². The molecule has 0 saturated carbocycles. The number of rotatable bonds is 7. The average Bonchev–Trinajstić information content (AvgIpc) is 2.67. The Morgan fingerprint density at radius 1 is 1.21 bits per heavy atom. The Morgan fingerprint density at radius 2 is 1.83 bits per heavy atom. The molecule has 0 aromatic heterocycles. The maximum Gasteiger partial charge on any atom is 0.309 e. The summed E-state index contributed by atoms with van der Waals surface area (Å²) in [6, 6.07) is 4.77. The van der Waals surface area contributed by atoms with Crippen molar-refractivity contribution in [1.29, 1.82) is 0 Å². The predicted octanol–water partition coefficient (Wildman–Crippen LogP) is 2.65. The first-order chi connectivity index (χ1) is 13.6. The van der Waals surface area contributed by atoms with Gasteiger partial charge in [0.05, 0.1) is 24.5 Å². The molecule has 29 heavy (non-hydrogen) atoms. The number of nitrogens with zero attached hydrogens (tertiary/aromatic N) is 2. The number of ether oxygens (including phenoxy) is 1. The van der Waals surface area contributed by atoms with E-state index < -0.39 is 16.1 Å². The first-order valence-corrected chi connectivity index (χ1v) is 12.0. The van der Waals surface area contributed by atoms with E-state index >= 15 is 0 Å². The molecule has 0 N–H and O–H groups in total. The third kappa shape index (κ3) is 5.50. The van der Waals surface area contributed by atoms with Crippen LogP contribution in [0.2, 0.25) is 0 Å². The van der Waals surface area contributed by atoms with Crippen molar-refractivity contribution in [3.05, 3.63) is 29.3 Å². The zero-order valence-electron chi connectivity index (χ0n) is 18.0. The Bertz CT molecular complexity index is 845. The fraction of sp³-hybridized carbons (Fsp3) is 0.619. The lowest BCUT2D eigenvalue weighted by Gasteiger charge is -2.37. The second-order valence-electron chi connectivity index (χ2n) is 7.62. The van der Waals surface area contributed by atoms with Crippen LogP contribution in [0.4, 0.5) is 5.69 Å². The van der Waals surface area contributed by atoms with Gasteiger partial charge in [-0.15, -0.1) is 0 Å². The minimum absolute atomic E-state index is 0.205. The molecule has 8 heteroatoms. The number of piperidine rings is 1. The maximum atomic E-state index is 13.3. The summed E-state index contributed by atoms with van der Waals surface area (Å²) >= 11 is 0. The molecule has 1 aromatic rings. The highest BCUT2D eigenvalue weighted by atomic mass is 32.2. The van der Waals surface area contributed by atoms with E-state index in [1.807, 2.05) is 32.9 Å². The van der Waals surface area contributed by atoms with Gasteiger partial charge in [0.2, 0.25) is 15.9 Å². The van der Waals surface area contributed by atoms with E-state index in [1.165, 1.54) is 4.31 Å². The molecule has 1 aliphatic rings. The molecular weight excluding hydrogens is 392 g/mol. The quantitative estimate of drug-likeness (QED) is 0.629. The van der Waals surface area contributed by atoms with Gasteiger partial charge in [0.15, 0.2) is 0 Å². The molecule has 1 saturated heterocycles.